The molecule has 0 aromatic heterocycles. The number of carbonyl (C=O) groups is 1. The monoisotopic (exact) mass is 721 g/mol. The third kappa shape index (κ3) is 5.57. The first-order chi connectivity index (χ1) is 22.9. The zero-order valence-corrected chi connectivity index (χ0v) is 29.3. The fourth-order valence-electron chi connectivity index (χ4n) is 9.55. The van der Waals surface area contributed by atoms with Gasteiger partial charge in [0.1, 0.15) is 0 Å². The van der Waals surface area contributed by atoms with Gasteiger partial charge in [-0.05, 0) is 43.9 Å². The maximum atomic E-state index is 13.0. The van der Waals surface area contributed by atoms with Gasteiger partial charge in [0, 0.05) is 11.8 Å². The Labute approximate surface area is 285 Å². The number of carbonyl (C=O) groups excluding carboxylic acids is 1. The van der Waals surface area contributed by atoms with E-state index >= 15 is 0 Å². The topological polar surface area (TPSA) is 75.3 Å². The predicted molar refractivity (Wildman–Crippen MR) is 187 cm³/mol. The Morgan fingerprint density at radius 3 is 1.66 bits per heavy atom. The zero-order chi connectivity index (χ0) is 32.0. The molecule has 6 aliphatic rings. The van der Waals surface area contributed by atoms with Crippen molar-refractivity contribution in [2.45, 2.75) is 81.9 Å². The van der Waals surface area contributed by atoms with E-state index in [0.717, 1.165) is 50.1 Å². The predicted octanol–water partition coefficient (Wildman–Crippen LogP) is 7.64. The summed E-state index contributed by atoms with van der Waals surface area (Å²) in [7, 11) is 0. The smallest absolute Gasteiger partial charge is 0.0197 e. The SMILES string of the molecule is O=C(NCCCP(Br)(c1ccccc1)(c1ccccc1)c1ccccc1)OC1CCC2(CC1)OOC1(OO2)C2CC3CC(C2)CC1C3. The van der Waals surface area contributed by atoms with Crippen LogP contribution in [0.1, 0.15) is 64.2 Å². The molecule has 7 nitrogen and oxygen atoms in total. The molecule has 9 heteroatoms. The van der Waals surface area contributed by atoms with Gasteiger partial charge in [-0.2, -0.15) is 0 Å². The molecule has 1 saturated heterocycles. The number of benzene rings is 3. The van der Waals surface area contributed by atoms with Gasteiger partial charge in [-0.3, -0.25) is 0 Å². The Balaban J connectivity index is 0.867. The van der Waals surface area contributed by atoms with E-state index in [1.165, 1.54) is 22.3 Å². The molecule has 1 aliphatic heterocycles. The molecule has 0 atom stereocenters. The van der Waals surface area contributed by atoms with E-state index in [-0.39, 0.29) is 12.2 Å². The van der Waals surface area contributed by atoms with Crippen LogP contribution < -0.4 is 21.2 Å². The quantitative estimate of drug-likeness (QED) is 0.146. The normalized spacial score (nSPS) is 33.7. The summed E-state index contributed by atoms with van der Waals surface area (Å²) in [6.45, 7) is 0.505. The molecule has 5 aliphatic carbocycles. The van der Waals surface area contributed by atoms with Crippen molar-refractivity contribution in [2.24, 2.45) is 23.7 Å². The second-order valence-electron chi connectivity index (χ2n) is 14.6. The molecule has 1 N–H and O–H groups in total. The largest absolute Gasteiger partial charge is 0.0475 e. The van der Waals surface area contributed by atoms with Crippen molar-refractivity contribution >= 4 is 42.8 Å². The maximum Gasteiger partial charge on any atom is 0.0197 e. The molecule has 4 bridgehead atoms. The van der Waals surface area contributed by atoms with Crippen molar-refractivity contribution in [3.8, 4) is 0 Å². The minimum absolute atomic E-state index is 0.210. The summed E-state index contributed by atoms with van der Waals surface area (Å²) < 4.78 is 5.88. The molecule has 0 unspecified atom stereocenters. The van der Waals surface area contributed by atoms with Gasteiger partial charge in [-0.1, -0.05) is 0 Å². The van der Waals surface area contributed by atoms with Crippen LogP contribution in [0.4, 0.5) is 4.79 Å². The minimum Gasteiger partial charge on any atom is -0.0475 e. The summed E-state index contributed by atoms with van der Waals surface area (Å²) in [4.78, 5) is 37.5. The summed E-state index contributed by atoms with van der Waals surface area (Å²) in [6.07, 6.45) is 9.28. The number of hydrogen-bond donors (Lipinski definition) is 1. The van der Waals surface area contributed by atoms with E-state index in [0.29, 0.717) is 44.1 Å². The number of halogens is 1. The average molecular weight is 723 g/mol. The molecular formula is C38H45BrNO6P. The van der Waals surface area contributed by atoms with Gasteiger partial charge < -0.3 is 0 Å². The van der Waals surface area contributed by atoms with E-state index in [9.17, 15) is 4.79 Å². The first kappa shape index (κ1) is 31.9. The van der Waals surface area contributed by atoms with Crippen LogP contribution >= 0.6 is 20.8 Å². The van der Waals surface area contributed by atoms with Gasteiger partial charge in [0.15, 0.2) is 0 Å². The molecule has 3 aromatic carbocycles. The van der Waals surface area contributed by atoms with Crippen molar-refractivity contribution in [1.82, 2.24) is 5.32 Å². The third-order valence-electron chi connectivity index (χ3n) is 11.8. The van der Waals surface area contributed by atoms with Crippen LogP contribution in [-0.2, 0) is 24.3 Å². The summed E-state index contributed by atoms with van der Waals surface area (Å²) in [5, 5.41) is 3.81. The van der Waals surface area contributed by atoms with Crippen molar-refractivity contribution in [1.29, 1.82) is 0 Å². The minimum atomic E-state index is -3.03. The summed E-state index contributed by atoms with van der Waals surface area (Å²) in [5.41, 5.74) is 0. The van der Waals surface area contributed by atoms with Gasteiger partial charge in [0.05, 0.1) is 0 Å². The third-order valence-corrected chi connectivity index (χ3v) is 21.8. The van der Waals surface area contributed by atoms with Gasteiger partial charge in [-0.25, -0.2) is 0 Å². The number of hydrogen-bond acceptors (Lipinski definition) is 6. The van der Waals surface area contributed by atoms with Crippen LogP contribution in [0.5, 0.6) is 0 Å². The van der Waals surface area contributed by atoms with E-state index in [1.54, 1.807) is 0 Å². The summed E-state index contributed by atoms with van der Waals surface area (Å²) in [5.74, 6) is 0.611. The van der Waals surface area contributed by atoms with Gasteiger partial charge >= 0.3 is 225 Å². The first-order valence-electron chi connectivity index (χ1n) is 17.5. The molecular weight excluding hydrogens is 677 g/mol. The Bertz CT molecular complexity index is 1410. The van der Waals surface area contributed by atoms with Gasteiger partial charge in [-0.15, -0.1) is 0 Å². The number of ether oxygens (including phenoxy) is 1. The van der Waals surface area contributed by atoms with Crippen LogP contribution in [0.3, 0.4) is 0 Å². The molecule has 0 radical (unpaired) electrons. The second kappa shape index (κ2) is 12.5. The van der Waals surface area contributed by atoms with E-state index < -0.39 is 16.9 Å². The molecule has 3 aromatic rings. The average Bonchev–Trinajstić information content (AvgIpc) is 3.12. The van der Waals surface area contributed by atoms with Gasteiger partial charge in [0.2, 0.25) is 5.79 Å². The zero-order valence-electron chi connectivity index (χ0n) is 26.8. The first-order valence-corrected chi connectivity index (χ1v) is 21.9. The fraction of sp³-hybridized carbons (Fsp3) is 0.500. The van der Waals surface area contributed by atoms with Crippen molar-refractivity contribution < 1.29 is 29.1 Å². The maximum absolute atomic E-state index is 13.0. The van der Waals surface area contributed by atoms with Crippen LogP contribution in [-0.4, -0.2) is 36.5 Å². The number of alkyl carbamates (subject to hydrolysis) is 1. The number of rotatable bonds is 8. The van der Waals surface area contributed by atoms with Crippen LogP contribution in [0, 0.1) is 23.7 Å². The second-order valence-corrected chi connectivity index (χ2v) is 23.6. The van der Waals surface area contributed by atoms with Crippen molar-refractivity contribution in [2.75, 3.05) is 12.7 Å². The molecule has 6 fully saturated rings. The number of nitrogens with one attached hydrogen (secondary N) is 1. The molecule has 2 spiro atoms. The van der Waals surface area contributed by atoms with E-state index in [1.807, 2.05) is 0 Å². The van der Waals surface area contributed by atoms with Crippen molar-refractivity contribution in [3.63, 3.8) is 0 Å². The van der Waals surface area contributed by atoms with E-state index in [4.69, 9.17) is 24.3 Å². The molecule has 9 rings (SSSR count). The summed E-state index contributed by atoms with van der Waals surface area (Å²) >= 11 is 4.48. The van der Waals surface area contributed by atoms with E-state index in [2.05, 4.69) is 112 Å². The number of amides is 1. The Morgan fingerprint density at radius 1 is 0.723 bits per heavy atom. The molecule has 1 amide bonds. The van der Waals surface area contributed by atoms with Crippen LogP contribution in [0.2, 0.25) is 0 Å². The molecule has 1 heterocycles. The fourth-order valence-corrected chi connectivity index (χ4v) is 17.2. The molecule has 47 heavy (non-hydrogen) atoms. The Hall–Kier alpha value is -2.32. The Kier molecular flexibility index (Phi) is 8.51. The van der Waals surface area contributed by atoms with Crippen LogP contribution in [0.25, 0.3) is 0 Å². The van der Waals surface area contributed by atoms with Crippen LogP contribution in [0.15, 0.2) is 91.0 Å². The van der Waals surface area contributed by atoms with Crippen molar-refractivity contribution in [3.05, 3.63) is 91.0 Å². The molecule has 250 valence electrons. The summed E-state index contributed by atoms with van der Waals surface area (Å²) in [6, 6.07) is 32.2. The molecule has 5 saturated carbocycles. The standard InChI is InChI=1S/C38H45BrNO6P/c39-47(33-11-4-1-5-12-33,34-13-6-2-7-14-34,35-15-8-3-9-16-35)22-10-21-40-36(41)42-32-17-19-37(20-18-32)43-45-38(46-44-37)30-24-28-23-29(26-30)27-31(38)25-28/h1-9,11-16,28-32H,10,17-27H2,(H,40,41). The van der Waals surface area contributed by atoms with Gasteiger partial charge in [0.25, 0.3) is 0 Å². The Morgan fingerprint density at radius 2 is 1.19 bits per heavy atom.